The normalized spacial score (nSPS) is 12.2. The quantitative estimate of drug-likeness (QED) is 0.398. The second kappa shape index (κ2) is 8.86. The number of anilines is 1. The monoisotopic (exact) mass is 441 g/mol. The van der Waals surface area contributed by atoms with Crippen molar-refractivity contribution in [1.29, 1.82) is 0 Å². The summed E-state index contributed by atoms with van der Waals surface area (Å²) in [4.78, 5) is 9.30. The Labute approximate surface area is 182 Å². The molecular formula is C23H22F3N5O. The Balaban J connectivity index is 1.67. The summed E-state index contributed by atoms with van der Waals surface area (Å²) in [6.45, 7) is 2.38. The van der Waals surface area contributed by atoms with Gasteiger partial charge in [-0.25, -0.2) is 9.97 Å². The van der Waals surface area contributed by atoms with E-state index in [-0.39, 0.29) is 0 Å². The third-order valence-electron chi connectivity index (χ3n) is 4.94. The Bertz CT molecular complexity index is 1230. The van der Waals surface area contributed by atoms with Crippen molar-refractivity contribution in [2.45, 2.75) is 32.5 Å². The number of halogens is 3. The molecule has 0 aliphatic rings. The van der Waals surface area contributed by atoms with E-state index in [1.807, 2.05) is 13.1 Å². The summed E-state index contributed by atoms with van der Waals surface area (Å²) in [5, 5.41) is 7.83. The molecule has 9 heteroatoms. The van der Waals surface area contributed by atoms with E-state index in [0.717, 1.165) is 41.7 Å². The highest BCUT2D eigenvalue weighted by Crippen LogP contribution is 2.29. The van der Waals surface area contributed by atoms with Crippen molar-refractivity contribution >= 4 is 29.0 Å². The van der Waals surface area contributed by atoms with E-state index in [1.54, 1.807) is 29.2 Å². The predicted octanol–water partition coefficient (Wildman–Crippen LogP) is 5.71. The zero-order chi connectivity index (χ0) is 22.7. The van der Waals surface area contributed by atoms with Crippen molar-refractivity contribution in [2.24, 2.45) is 7.05 Å². The molecule has 0 spiro atoms. The van der Waals surface area contributed by atoms with Crippen LogP contribution in [0, 0.1) is 0 Å². The molecule has 0 radical (unpaired) electrons. The van der Waals surface area contributed by atoms with Crippen LogP contribution in [0.25, 0.3) is 23.2 Å². The summed E-state index contributed by atoms with van der Waals surface area (Å²) in [7, 11) is 1.83. The first kappa shape index (κ1) is 21.6. The Morgan fingerprint density at radius 1 is 1.09 bits per heavy atom. The van der Waals surface area contributed by atoms with E-state index in [9.17, 15) is 13.2 Å². The molecule has 0 fully saturated rings. The maximum atomic E-state index is 12.8. The number of furan rings is 1. The average molecular weight is 441 g/mol. The molecule has 0 aliphatic carbocycles. The van der Waals surface area contributed by atoms with Gasteiger partial charge in [0.2, 0.25) is 0 Å². The van der Waals surface area contributed by atoms with Crippen molar-refractivity contribution in [3.05, 3.63) is 71.1 Å². The smallest absolute Gasteiger partial charge is 0.416 e. The van der Waals surface area contributed by atoms with Gasteiger partial charge in [0.05, 0.1) is 17.5 Å². The molecule has 32 heavy (non-hydrogen) atoms. The molecule has 4 rings (SSSR count). The second-order valence-corrected chi connectivity index (χ2v) is 7.34. The van der Waals surface area contributed by atoms with Gasteiger partial charge in [0.15, 0.2) is 11.6 Å². The molecule has 0 unspecified atom stereocenters. The van der Waals surface area contributed by atoms with E-state index < -0.39 is 11.7 Å². The van der Waals surface area contributed by atoms with E-state index >= 15 is 0 Å². The highest BCUT2D eigenvalue weighted by molar-refractivity contribution is 5.88. The van der Waals surface area contributed by atoms with Crippen LogP contribution in [0.3, 0.4) is 0 Å². The van der Waals surface area contributed by atoms with Gasteiger partial charge in [0.1, 0.15) is 16.8 Å². The van der Waals surface area contributed by atoms with Crippen LogP contribution in [0.2, 0.25) is 0 Å². The van der Waals surface area contributed by atoms with Gasteiger partial charge in [-0.3, -0.25) is 4.68 Å². The summed E-state index contributed by atoms with van der Waals surface area (Å²) in [6.07, 6.45) is 2.45. The van der Waals surface area contributed by atoms with Crippen LogP contribution in [-0.2, 0) is 26.2 Å². The highest BCUT2D eigenvalue weighted by atomic mass is 19.4. The number of hydrogen-bond donors (Lipinski definition) is 1. The molecule has 0 saturated carbocycles. The molecule has 166 valence electrons. The molecule has 3 heterocycles. The fraction of sp³-hybridized carbons (Fsp3) is 0.261. The summed E-state index contributed by atoms with van der Waals surface area (Å²) in [5.41, 5.74) is 2.40. The molecule has 1 N–H and O–H groups in total. The first-order valence-electron chi connectivity index (χ1n) is 10.2. The van der Waals surface area contributed by atoms with Crippen molar-refractivity contribution in [1.82, 2.24) is 19.7 Å². The lowest BCUT2D eigenvalue weighted by Gasteiger charge is -2.10. The SMILES string of the molecule is CCCc1nn(C)c2c(NCc3ccc(C(F)(F)F)cc3)nc(/C=C/c3ccco3)nc12. The number of rotatable bonds is 7. The van der Waals surface area contributed by atoms with Crippen LogP contribution >= 0.6 is 0 Å². The van der Waals surface area contributed by atoms with E-state index in [1.165, 1.54) is 12.1 Å². The van der Waals surface area contributed by atoms with Gasteiger partial charge in [-0.1, -0.05) is 25.5 Å². The van der Waals surface area contributed by atoms with Crippen molar-refractivity contribution in [2.75, 3.05) is 5.32 Å². The van der Waals surface area contributed by atoms with Crippen LogP contribution in [0.4, 0.5) is 19.0 Å². The summed E-state index contributed by atoms with van der Waals surface area (Å²) >= 11 is 0. The molecule has 6 nitrogen and oxygen atoms in total. The van der Waals surface area contributed by atoms with Gasteiger partial charge in [0.25, 0.3) is 0 Å². The maximum absolute atomic E-state index is 12.8. The summed E-state index contributed by atoms with van der Waals surface area (Å²) in [6, 6.07) is 8.68. The van der Waals surface area contributed by atoms with Gasteiger partial charge < -0.3 is 9.73 Å². The van der Waals surface area contributed by atoms with Crippen LogP contribution < -0.4 is 5.32 Å². The minimum absolute atomic E-state index is 0.305. The zero-order valence-electron chi connectivity index (χ0n) is 17.6. The minimum Gasteiger partial charge on any atom is -0.465 e. The molecule has 0 amide bonds. The lowest BCUT2D eigenvalue weighted by molar-refractivity contribution is -0.137. The van der Waals surface area contributed by atoms with Crippen LogP contribution in [0.5, 0.6) is 0 Å². The molecular weight excluding hydrogens is 419 g/mol. The largest absolute Gasteiger partial charge is 0.465 e. The lowest BCUT2D eigenvalue weighted by atomic mass is 10.1. The van der Waals surface area contributed by atoms with E-state index in [2.05, 4.69) is 27.3 Å². The molecule has 0 aliphatic heterocycles. The molecule has 0 bridgehead atoms. The van der Waals surface area contributed by atoms with Gasteiger partial charge in [-0.15, -0.1) is 0 Å². The molecule has 1 aromatic carbocycles. The van der Waals surface area contributed by atoms with Crippen LogP contribution in [0.1, 0.15) is 41.8 Å². The third kappa shape index (κ3) is 4.66. The standard InChI is InChI=1S/C23H22F3N5O/c1-3-5-18-20-21(31(2)30-18)22(29-19(28-20)12-11-17-6-4-13-32-17)27-14-15-7-9-16(10-8-15)23(24,25)26/h4,6-13H,3,5,14H2,1-2H3,(H,27,28,29)/b12-11+. The number of alkyl halides is 3. The average Bonchev–Trinajstić information content (AvgIpc) is 3.39. The molecule has 0 atom stereocenters. The molecule has 4 aromatic rings. The van der Waals surface area contributed by atoms with Crippen LogP contribution in [0.15, 0.2) is 47.1 Å². The number of aromatic nitrogens is 4. The number of nitrogens with zero attached hydrogens (tertiary/aromatic N) is 4. The number of fused-ring (bicyclic) bond motifs is 1. The van der Waals surface area contributed by atoms with Gasteiger partial charge >= 0.3 is 6.18 Å². The lowest BCUT2D eigenvalue weighted by Crippen LogP contribution is -2.07. The highest BCUT2D eigenvalue weighted by Gasteiger charge is 2.29. The van der Waals surface area contributed by atoms with Crippen LogP contribution in [-0.4, -0.2) is 19.7 Å². The molecule has 0 saturated heterocycles. The van der Waals surface area contributed by atoms with Crippen molar-refractivity contribution < 1.29 is 17.6 Å². The van der Waals surface area contributed by atoms with Gasteiger partial charge in [-0.05, 0) is 48.4 Å². The number of hydrogen-bond acceptors (Lipinski definition) is 5. The topological polar surface area (TPSA) is 68.8 Å². The third-order valence-corrected chi connectivity index (χ3v) is 4.94. The number of aryl methyl sites for hydroxylation is 2. The second-order valence-electron chi connectivity index (χ2n) is 7.34. The minimum atomic E-state index is -4.36. The fourth-order valence-electron chi connectivity index (χ4n) is 3.40. The summed E-state index contributed by atoms with van der Waals surface area (Å²) in [5.74, 6) is 1.72. The van der Waals surface area contributed by atoms with E-state index in [0.29, 0.717) is 29.5 Å². The predicted molar refractivity (Wildman–Crippen MR) is 117 cm³/mol. The van der Waals surface area contributed by atoms with Crippen molar-refractivity contribution in [3.8, 4) is 0 Å². The fourth-order valence-corrected chi connectivity index (χ4v) is 3.40. The zero-order valence-corrected chi connectivity index (χ0v) is 17.6. The van der Waals surface area contributed by atoms with Crippen molar-refractivity contribution in [3.63, 3.8) is 0 Å². The van der Waals surface area contributed by atoms with E-state index in [4.69, 9.17) is 4.42 Å². The Kier molecular flexibility index (Phi) is 5.98. The molecule has 3 aromatic heterocycles. The number of nitrogens with one attached hydrogen (secondary N) is 1. The number of benzene rings is 1. The first-order chi connectivity index (χ1) is 15.3. The summed E-state index contributed by atoms with van der Waals surface area (Å²) < 4.78 is 45.5. The Morgan fingerprint density at radius 3 is 2.53 bits per heavy atom. The maximum Gasteiger partial charge on any atom is 0.416 e. The first-order valence-corrected chi connectivity index (χ1v) is 10.2. The Morgan fingerprint density at radius 2 is 1.88 bits per heavy atom. The Hall–Kier alpha value is -3.62. The van der Waals surface area contributed by atoms with Gasteiger partial charge in [-0.2, -0.15) is 18.3 Å². The van der Waals surface area contributed by atoms with Gasteiger partial charge in [0, 0.05) is 13.6 Å².